The fraction of sp³-hybridized carbons (Fsp3) is 0.156. The fourth-order valence-electron chi connectivity index (χ4n) is 15.5. The SMILES string of the molecule is c1ccc(-c2cc(-c3ccccc3)c3c4cc(C5CCCCC5)cc5c4n(c3c2)-c2cc(-c3cccc(-c4ccccc4)n3)cc3c2B5c2cc(C4CCCCC4)cc4c5c(-c6ccccc6)cc(-c6ccccc6)cc5n-3c24)cc1. The fourth-order valence-corrected chi connectivity index (χ4v) is 15.5. The Morgan fingerprint density at radius 2 is 0.728 bits per heavy atom. The zero-order valence-corrected chi connectivity index (χ0v) is 45.6. The summed E-state index contributed by atoms with van der Waals surface area (Å²) >= 11 is 0. The maximum atomic E-state index is 5.58. The average Bonchev–Trinajstić information content (AvgIpc) is 2.83. The maximum absolute atomic E-state index is 5.58. The Hall–Kier alpha value is -8.99. The van der Waals surface area contributed by atoms with Crippen molar-refractivity contribution in [3.63, 3.8) is 0 Å². The van der Waals surface area contributed by atoms with Crippen LogP contribution in [0.3, 0.4) is 0 Å². The van der Waals surface area contributed by atoms with E-state index in [1.165, 1.54) is 191 Å². The molecular weight excluding hydrogens is 978 g/mol. The standard InChI is InChI=1S/C77H60BN3/c1-8-23-49(24-9-1)56-41-63-73-61(53-31-16-5-17-32-53)39-58(51-27-12-3-13-28-51)45-69(73)80-71-47-60(68-38-22-37-67(79-68)55-35-20-7-21-36-55)48-72-75(71)78(65(43-56)76(63)80)66-44-57(50-25-10-2-11-26-50)42-64-74-62(54-33-18-6-19-34-54)40-59(52-29-14-4-15-30-52)46-70(74)81(72)77(64)66/h3-7,12-22,27-50H,1-2,8-11,23-26H2. The van der Waals surface area contributed by atoms with E-state index in [0.717, 1.165) is 22.5 Å². The first-order valence-electron chi connectivity index (χ1n) is 29.9. The first-order valence-corrected chi connectivity index (χ1v) is 29.9. The van der Waals surface area contributed by atoms with E-state index in [0.29, 0.717) is 11.8 Å². The molecule has 386 valence electrons. The molecule has 2 aliphatic carbocycles. The molecule has 0 atom stereocenters. The Bertz CT molecular complexity index is 4370. The third-order valence-corrected chi connectivity index (χ3v) is 19.2. The summed E-state index contributed by atoms with van der Waals surface area (Å²) in [5, 5.41) is 5.41. The Balaban J connectivity index is 1.07. The van der Waals surface area contributed by atoms with Gasteiger partial charge in [-0.25, -0.2) is 4.98 Å². The predicted octanol–water partition coefficient (Wildman–Crippen LogP) is 18.5. The highest BCUT2D eigenvalue weighted by Crippen LogP contribution is 2.49. The van der Waals surface area contributed by atoms with Crippen molar-refractivity contribution >= 4 is 66.7 Å². The van der Waals surface area contributed by atoms with Gasteiger partial charge in [0, 0.05) is 55.1 Å². The molecule has 0 saturated heterocycles. The highest BCUT2D eigenvalue weighted by molar-refractivity contribution is 7.00. The molecule has 0 unspecified atom stereocenters. The van der Waals surface area contributed by atoms with Gasteiger partial charge in [0.05, 0.1) is 22.4 Å². The maximum Gasteiger partial charge on any atom is 0.252 e. The third-order valence-electron chi connectivity index (χ3n) is 19.2. The van der Waals surface area contributed by atoms with Crippen LogP contribution in [0.5, 0.6) is 0 Å². The van der Waals surface area contributed by atoms with E-state index in [1.54, 1.807) is 0 Å². The Labute approximate surface area is 474 Å². The highest BCUT2D eigenvalue weighted by atomic mass is 15.0. The minimum atomic E-state index is -0.0131. The van der Waals surface area contributed by atoms with Crippen molar-refractivity contribution in [2.45, 2.75) is 76.0 Å². The van der Waals surface area contributed by atoms with Gasteiger partial charge < -0.3 is 9.13 Å². The summed E-state index contributed by atoms with van der Waals surface area (Å²) in [6.07, 6.45) is 12.7. The van der Waals surface area contributed by atoms with Crippen LogP contribution in [-0.4, -0.2) is 20.8 Å². The molecule has 0 bridgehead atoms. The number of rotatable bonds is 8. The van der Waals surface area contributed by atoms with E-state index in [9.17, 15) is 0 Å². The second-order valence-electron chi connectivity index (χ2n) is 23.8. The van der Waals surface area contributed by atoms with Crippen LogP contribution in [0, 0.1) is 0 Å². The number of nitrogens with zero attached hydrogens (tertiary/aromatic N) is 3. The van der Waals surface area contributed by atoms with Gasteiger partial charge in [0.25, 0.3) is 6.71 Å². The van der Waals surface area contributed by atoms with E-state index in [1.807, 2.05) is 0 Å². The van der Waals surface area contributed by atoms with E-state index >= 15 is 0 Å². The summed E-state index contributed by atoms with van der Waals surface area (Å²) < 4.78 is 5.46. The summed E-state index contributed by atoms with van der Waals surface area (Å²) in [5.74, 6) is 1.03. The molecule has 10 aromatic carbocycles. The molecule has 0 radical (unpaired) electrons. The lowest BCUT2D eigenvalue weighted by atomic mass is 9.34. The van der Waals surface area contributed by atoms with E-state index in [-0.39, 0.29) is 6.71 Å². The first kappa shape index (κ1) is 46.9. The van der Waals surface area contributed by atoms with Gasteiger partial charge >= 0.3 is 0 Å². The lowest BCUT2D eigenvalue weighted by Gasteiger charge is -2.35. The number of hydrogen-bond donors (Lipinski definition) is 0. The molecule has 4 heteroatoms. The van der Waals surface area contributed by atoms with Crippen LogP contribution in [0.25, 0.3) is 122 Å². The predicted molar refractivity (Wildman–Crippen MR) is 342 cm³/mol. The van der Waals surface area contributed by atoms with Crippen molar-refractivity contribution in [3.8, 4) is 78.4 Å². The Morgan fingerprint density at radius 1 is 0.333 bits per heavy atom. The van der Waals surface area contributed by atoms with E-state index < -0.39 is 0 Å². The monoisotopic (exact) mass is 1040 g/mol. The molecule has 3 nitrogen and oxygen atoms in total. The molecule has 5 heterocycles. The van der Waals surface area contributed by atoms with Gasteiger partial charge in [-0.3, -0.25) is 0 Å². The van der Waals surface area contributed by atoms with Crippen molar-refractivity contribution in [1.29, 1.82) is 0 Å². The van der Waals surface area contributed by atoms with E-state index in [2.05, 4.69) is 240 Å². The molecule has 3 aromatic heterocycles. The van der Waals surface area contributed by atoms with Crippen molar-refractivity contribution < 1.29 is 0 Å². The summed E-state index contributed by atoms with van der Waals surface area (Å²) in [6, 6.07) is 87.7. The van der Waals surface area contributed by atoms with Gasteiger partial charge in [0.1, 0.15) is 0 Å². The molecule has 0 amide bonds. The summed E-state index contributed by atoms with van der Waals surface area (Å²) in [6.45, 7) is -0.0131. The number of pyridine rings is 1. The largest absolute Gasteiger partial charge is 0.310 e. The summed E-state index contributed by atoms with van der Waals surface area (Å²) in [4.78, 5) is 5.58. The molecule has 13 aromatic rings. The number of benzene rings is 10. The van der Waals surface area contributed by atoms with Gasteiger partial charge in [-0.2, -0.15) is 0 Å². The van der Waals surface area contributed by atoms with Gasteiger partial charge in [0.2, 0.25) is 0 Å². The zero-order chi connectivity index (χ0) is 53.1. The van der Waals surface area contributed by atoms with Crippen molar-refractivity contribution in [2.24, 2.45) is 0 Å². The normalized spacial score (nSPS) is 15.0. The number of fused-ring (bicyclic) bond motifs is 10. The molecule has 2 fully saturated rings. The Kier molecular flexibility index (Phi) is 10.9. The topological polar surface area (TPSA) is 22.8 Å². The molecule has 2 saturated carbocycles. The van der Waals surface area contributed by atoms with Crippen molar-refractivity contribution in [1.82, 2.24) is 14.1 Å². The molecule has 0 N–H and O–H groups in total. The highest BCUT2D eigenvalue weighted by Gasteiger charge is 2.43. The Morgan fingerprint density at radius 3 is 1.16 bits per heavy atom. The molecule has 0 spiro atoms. The summed E-state index contributed by atoms with van der Waals surface area (Å²) in [7, 11) is 0. The number of aromatic nitrogens is 3. The molecular formula is C77H60BN3. The third kappa shape index (κ3) is 7.45. The van der Waals surface area contributed by atoms with Gasteiger partial charge in [0.15, 0.2) is 0 Å². The smallest absolute Gasteiger partial charge is 0.252 e. The second kappa shape index (κ2) is 18.8. The number of hydrogen-bond acceptors (Lipinski definition) is 1. The molecule has 17 rings (SSSR count). The van der Waals surface area contributed by atoms with Gasteiger partial charge in [-0.1, -0.05) is 208 Å². The van der Waals surface area contributed by atoms with Crippen LogP contribution in [0.4, 0.5) is 0 Å². The van der Waals surface area contributed by atoms with Crippen LogP contribution in [-0.2, 0) is 0 Å². The van der Waals surface area contributed by atoms with Crippen LogP contribution in [0.15, 0.2) is 231 Å². The lowest BCUT2D eigenvalue weighted by Crippen LogP contribution is -2.59. The summed E-state index contributed by atoms with van der Waals surface area (Å²) in [5.41, 5.74) is 29.1. The van der Waals surface area contributed by atoms with Crippen LogP contribution < -0.4 is 16.4 Å². The molecule has 81 heavy (non-hydrogen) atoms. The van der Waals surface area contributed by atoms with Crippen LogP contribution >= 0.6 is 0 Å². The zero-order valence-electron chi connectivity index (χ0n) is 45.6. The quantitative estimate of drug-likeness (QED) is 0.139. The average molecular weight is 1040 g/mol. The van der Waals surface area contributed by atoms with Gasteiger partial charge in [-0.05, 0) is 170 Å². The van der Waals surface area contributed by atoms with E-state index in [4.69, 9.17) is 4.98 Å². The minimum absolute atomic E-state index is 0.0131. The first-order chi connectivity index (χ1) is 40.2. The lowest BCUT2D eigenvalue weighted by molar-refractivity contribution is 0.444. The van der Waals surface area contributed by atoms with Crippen LogP contribution in [0.2, 0.25) is 0 Å². The van der Waals surface area contributed by atoms with Gasteiger partial charge in [-0.15, -0.1) is 0 Å². The molecule has 2 aliphatic heterocycles. The molecule has 4 aliphatic rings. The van der Waals surface area contributed by atoms with Crippen LogP contribution in [0.1, 0.15) is 87.2 Å². The van der Waals surface area contributed by atoms with Crippen molar-refractivity contribution in [2.75, 3.05) is 0 Å². The minimum Gasteiger partial charge on any atom is -0.310 e. The second-order valence-corrected chi connectivity index (χ2v) is 23.8. The van der Waals surface area contributed by atoms with Crippen molar-refractivity contribution in [3.05, 3.63) is 242 Å².